The molecule has 0 amide bonds. The van der Waals surface area contributed by atoms with Crippen LogP contribution in [0.3, 0.4) is 0 Å². The van der Waals surface area contributed by atoms with E-state index in [1.807, 2.05) is 0 Å². The van der Waals surface area contributed by atoms with Crippen LogP contribution in [0.1, 0.15) is 40.3 Å². The third-order valence-corrected chi connectivity index (χ3v) is 4.95. The SMILES string of the molecule is CCc1cc(-c2ccccc2)c2c(c1CC)C=C[CH]2[Ti+3].[Cl-].[Cl-].[Cl-]. The zero-order valence-electron chi connectivity index (χ0n) is 13.2. The number of hydrogen-bond acceptors (Lipinski definition) is 0. The number of rotatable bonds is 3. The van der Waals surface area contributed by atoms with Gasteiger partial charge in [-0.25, -0.2) is 0 Å². The van der Waals surface area contributed by atoms with Crippen LogP contribution >= 0.6 is 0 Å². The van der Waals surface area contributed by atoms with Crippen LogP contribution in [0.15, 0.2) is 42.5 Å². The minimum Gasteiger partial charge on any atom is -1.00 e. The summed E-state index contributed by atoms with van der Waals surface area (Å²) in [5.41, 5.74) is 8.82. The molecule has 0 heterocycles. The van der Waals surface area contributed by atoms with Crippen molar-refractivity contribution < 1.29 is 57.7 Å². The first-order valence-corrected chi connectivity index (χ1v) is 8.29. The number of fused-ring (bicyclic) bond motifs is 1. The van der Waals surface area contributed by atoms with Gasteiger partial charge in [-0.05, 0) is 0 Å². The molecule has 4 heteroatoms. The third kappa shape index (κ3) is 4.24. The molecule has 0 aromatic heterocycles. The fraction of sp³-hybridized carbons (Fsp3) is 0.263. The molecule has 0 spiro atoms. The fourth-order valence-corrected chi connectivity index (χ4v) is 3.86. The molecule has 0 fully saturated rings. The van der Waals surface area contributed by atoms with Crippen LogP contribution < -0.4 is 37.2 Å². The minimum atomic E-state index is 0. The Morgan fingerprint density at radius 3 is 2.17 bits per heavy atom. The second kappa shape index (κ2) is 9.91. The zero-order chi connectivity index (χ0) is 14.1. The molecule has 1 aliphatic rings. The van der Waals surface area contributed by atoms with Gasteiger partial charge in [0.1, 0.15) is 0 Å². The zero-order valence-corrected chi connectivity index (χ0v) is 17.1. The van der Waals surface area contributed by atoms with Crippen LogP contribution in [0, 0.1) is 0 Å². The fourth-order valence-electron chi connectivity index (χ4n) is 3.22. The predicted molar refractivity (Wildman–Crippen MR) is 82.4 cm³/mol. The van der Waals surface area contributed by atoms with Crippen LogP contribution in [0.5, 0.6) is 0 Å². The maximum Gasteiger partial charge on any atom is -1.00 e. The van der Waals surface area contributed by atoms with Gasteiger partial charge < -0.3 is 37.2 Å². The number of aryl methyl sites for hydroxylation is 1. The molecular weight excluding hydrogens is 382 g/mol. The van der Waals surface area contributed by atoms with E-state index < -0.39 is 0 Å². The standard InChI is InChI=1S/C19H19.3ClH.Ti/c1-3-14-13-19(15-9-6-5-7-10-15)18-12-8-11-17(18)16(14)4-2;;;;/h5-13H,3-4H2,1-2H3;3*1H;/q;;;;+3/p-3. The summed E-state index contributed by atoms with van der Waals surface area (Å²) in [6.45, 7) is 4.53. The van der Waals surface area contributed by atoms with E-state index in [2.05, 4.69) is 82.8 Å². The Hall–Kier alpha value is -0.236. The topological polar surface area (TPSA) is 0 Å². The molecule has 0 saturated carbocycles. The summed E-state index contributed by atoms with van der Waals surface area (Å²) in [6.07, 6.45) is 6.91. The van der Waals surface area contributed by atoms with E-state index in [9.17, 15) is 0 Å². The number of halogens is 3. The molecule has 3 rings (SSSR count). The number of benzene rings is 2. The van der Waals surface area contributed by atoms with E-state index in [0.29, 0.717) is 4.22 Å². The van der Waals surface area contributed by atoms with Crippen molar-refractivity contribution in [2.75, 3.05) is 0 Å². The molecule has 0 radical (unpaired) electrons. The third-order valence-electron chi connectivity index (χ3n) is 4.20. The average Bonchev–Trinajstić information content (AvgIpc) is 2.88. The maximum atomic E-state index is 2.43. The number of allylic oxidation sites excluding steroid dienone is 1. The summed E-state index contributed by atoms with van der Waals surface area (Å²) < 4.78 is 0.524. The molecule has 1 unspecified atom stereocenters. The smallest absolute Gasteiger partial charge is 1.00 e. The van der Waals surface area contributed by atoms with E-state index in [4.69, 9.17) is 0 Å². The van der Waals surface area contributed by atoms with Gasteiger partial charge in [0.15, 0.2) is 0 Å². The van der Waals surface area contributed by atoms with Crippen molar-refractivity contribution in [3.05, 3.63) is 64.7 Å². The second-order valence-electron chi connectivity index (χ2n) is 5.30. The van der Waals surface area contributed by atoms with Gasteiger partial charge in [0.25, 0.3) is 0 Å². The Morgan fingerprint density at radius 2 is 1.61 bits per heavy atom. The second-order valence-corrected chi connectivity index (χ2v) is 6.27. The van der Waals surface area contributed by atoms with Crippen molar-refractivity contribution in [3.8, 4) is 11.1 Å². The van der Waals surface area contributed by atoms with Gasteiger partial charge in [0.05, 0.1) is 0 Å². The van der Waals surface area contributed by atoms with Gasteiger partial charge in [-0.15, -0.1) is 0 Å². The first kappa shape index (κ1) is 22.8. The molecular formula is C19H19Cl3Ti. The van der Waals surface area contributed by atoms with Crippen LogP contribution in [0.25, 0.3) is 17.2 Å². The van der Waals surface area contributed by atoms with Crippen LogP contribution in [-0.2, 0) is 33.3 Å². The Morgan fingerprint density at radius 1 is 0.957 bits per heavy atom. The molecule has 0 saturated heterocycles. The molecule has 0 N–H and O–H groups in total. The molecule has 1 atom stereocenters. The first-order chi connectivity index (χ1) is 9.76. The van der Waals surface area contributed by atoms with E-state index in [-0.39, 0.29) is 37.2 Å². The van der Waals surface area contributed by atoms with Crippen molar-refractivity contribution in [3.63, 3.8) is 0 Å². The summed E-state index contributed by atoms with van der Waals surface area (Å²) in [4.78, 5) is 0. The van der Waals surface area contributed by atoms with Gasteiger partial charge in [-0.2, -0.15) is 0 Å². The van der Waals surface area contributed by atoms with Gasteiger partial charge >= 0.3 is 133 Å². The maximum absolute atomic E-state index is 2.43. The molecule has 23 heavy (non-hydrogen) atoms. The van der Waals surface area contributed by atoms with Crippen molar-refractivity contribution in [2.24, 2.45) is 0 Å². The molecule has 0 nitrogen and oxygen atoms in total. The Kier molecular flexibility index (Phi) is 9.81. The first-order valence-electron chi connectivity index (χ1n) is 7.39. The summed E-state index contributed by atoms with van der Waals surface area (Å²) in [5, 5.41) is 0. The average molecular weight is 402 g/mol. The van der Waals surface area contributed by atoms with Crippen LogP contribution in [0.4, 0.5) is 0 Å². The van der Waals surface area contributed by atoms with Crippen molar-refractivity contribution in [2.45, 2.75) is 30.9 Å². The van der Waals surface area contributed by atoms with Crippen LogP contribution in [-0.4, -0.2) is 0 Å². The van der Waals surface area contributed by atoms with E-state index in [1.54, 1.807) is 5.56 Å². The minimum absolute atomic E-state index is 0. The molecule has 0 bridgehead atoms. The normalized spacial score (nSPS) is 14.3. The molecule has 1 aliphatic carbocycles. The van der Waals surface area contributed by atoms with E-state index >= 15 is 0 Å². The largest absolute Gasteiger partial charge is 1.00 e. The Bertz CT molecular complexity index is 666. The van der Waals surface area contributed by atoms with Gasteiger partial charge in [0, 0.05) is 0 Å². The van der Waals surface area contributed by atoms with Gasteiger partial charge in [-0.3, -0.25) is 0 Å². The van der Waals surface area contributed by atoms with Crippen molar-refractivity contribution in [1.29, 1.82) is 0 Å². The molecule has 2 aromatic rings. The summed E-state index contributed by atoms with van der Waals surface area (Å²) in [7, 11) is 0. The monoisotopic (exact) mass is 400 g/mol. The van der Waals surface area contributed by atoms with Crippen LogP contribution in [0.2, 0.25) is 0 Å². The quantitative estimate of drug-likeness (QED) is 0.462. The van der Waals surface area contributed by atoms with Crippen molar-refractivity contribution >= 4 is 6.08 Å². The van der Waals surface area contributed by atoms with Gasteiger partial charge in [-0.1, -0.05) is 0 Å². The molecule has 2 aromatic carbocycles. The van der Waals surface area contributed by atoms with Crippen molar-refractivity contribution in [1.82, 2.24) is 0 Å². The summed E-state index contributed by atoms with van der Waals surface area (Å²) in [6, 6.07) is 13.2. The summed E-state index contributed by atoms with van der Waals surface area (Å²) in [5.74, 6) is 0. The van der Waals surface area contributed by atoms with E-state index in [1.165, 1.54) is 27.8 Å². The van der Waals surface area contributed by atoms with Gasteiger partial charge in [0.2, 0.25) is 0 Å². The van der Waals surface area contributed by atoms with E-state index in [0.717, 1.165) is 12.8 Å². The Balaban J connectivity index is 0.00000161. The molecule has 0 aliphatic heterocycles. The summed E-state index contributed by atoms with van der Waals surface area (Å²) >= 11 is 2.31. The Labute approximate surface area is 169 Å². The molecule has 120 valence electrons. The predicted octanol–water partition coefficient (Wildman–Crippen LogP) is -3.89. The number of hydrogen-bond donors (Lipinski definition) is 0.